The third-order valence-electron chi connectivity index (χ3n) is 5.15. The Kier molecular flexibility index (Phi) is 7.79. The van der Waals surface area contributed by atoms with Crippen LogP contribution in [0.3, 0.4) is 0 Å². The Balaban J connectivity index is 1.75. The Morgan fingerprint density at radius 2 is 2.00 bits per heavy atom. The molecule has 3 aromatic rings. The highest BCUT2D eigenvalue weighted by atomic mass is 16.5. The van der Waals surface area contributed by atoms with Gasteiger partial charge in [-0.3, -0.25) is 14.3 Å². The van der Waals surface area contributed by atoms with Gasteiger partial charge in [-0.05, 0) is 51.3 Å². The van der Waals surface area contributed by atoms with Gasteiger partial charge in [0.2, 0.25) is 0 Å². The first-order valence-electron chi connectivity index (χ1n) is 11.6. The van der Waals surface area contributed by atoms with E-state index in [2.05, 4.69) is 5.10 Å². The number of furan rings is 1. The van der Waals surface area contributed by atoms with Crippen LogP contribution in [-0.4, -0.2) is 44.3 Å². The van der Waals surface area contributed by atoms with E-state index < -0.39 is 12.5 Å². The summed E-state index contributed by atoms with van der Waals surface area (Å²) in [5.41, 5.74) is 1.49. The first-order valence-corrected chi connectivity index (χ1v) is 11.1. The van der Waals surface area contributed by atoms with Crippen LogP contribution in [0.1, 0.15) is 57.0 Å². The average molecular weight is 455 g/mol. The molecule has 0 radical (unpaired) electrons. The summed E-state index contributed by atoms with van der Waals surface area (Å²) in [6, 6.07) is 12.2. The summed E-state index contributed by atoms with van der Waals surface area (Å²) < 4.78 is 21.9. The number of rotatable bonds is 12. The zero-order valence-electron chi connectivity index (χ0n) is 20.2. The van der Waals surface area contributed by atoms with E-state index in [1.165, 1.54) is 4.90 Å². The molecule has 1 N–H and O–H groups in total. The molecule has 1 atom stereocenters. The Hall–Kier alpha value is -3.55. The number of carbonyl (C=O) groups excluding carboxylic acids is 1. The van der Waals surface area contributed by atoms with Crippen molar-refractivity contribution < 1.29 is 25.2 Å². The summed E-state index contributed by atoms with van der Waals surface area (Å²) in [4.78, 5) is 25.6. The molecule has 1 amide bonds. The molecule has 176 valence electrons. The molecule has 8 nitrogen and oxygen atoms in total. The first kappa shape index (κ1) is 22.6. The van der Waals surface area contributed by atoms with Crippen LogP contribution in [0.25, 0.3) is 11.5 Å². The van der Waals surface area contributed by atoms with Crippen molar-refractivity contribution in [3.8, 4) is 17.2 Å². The zero-order chi connectivity index (χ0) is 24.7. The number of benzene rings is 1. The van der Waals surface area contributed by atoms with Crippen molar-refractivity contribution in [2.75, 3.05) is 6.61 Å². The van der Waals surface area contributed by atoms with Gasteiger partial charge in [0, 0.05) is 37.7 Å². The number of aryl methyl sites for hydroxylation is 1. The van der Waals surface area contributed by atoms with Gasteiger partial charge >= 0.3 is 5.97 Å². The van der Waals surface area contributed by atoms with Crippen molar-refractivity contribution in [2.24, 2.45) is 7.05 Å². The van der Waals surface area contributed by atoms with Crippen LogP contribution in [-0.2, 0) is 18.4 Å². The highest BCUT2D eigenvalue weighted by Gasteiger charge is 2.24. The standard InChI is InChI=1S/C25H31N3O5/c1-18(2)28(25(31)20-16-21(27(3)26-20)23-12-9-15-33-23)17-19-10-6-7-11-22(19)32-14-8-4-5-13-24(29)30/h6-7,9-12,15-16,18H,4-5,8,13-14,17H2,1-3H3,(H,29,30)/i17D. The van der Waals surface area contributed by atoms with Gasteiger partial charge in [0.1, 0.15) is 11.4 Å². The Bertz CT molecular complexity index is 1090. The molecule has 0 bridgehead atoms. The molecule has 0 spiro atoms. The SMILES string of the molecule is [2H]C(c1ccccc1OCCCCCC(=O)O)N(C(=O)c1cc(-c2ccco2)n(C)n1)C(C)C. The van der Waals surface area contributed by atoms with Crippen LogP contribution in [0.5, 0.6) is 5.75 Å². The lowest BCUT2D eigenvalue weighted by atomic mass is 10.1. The monoisotopic (exact) mass is 454 g/mol. The topological polar surface area (TPSA) is 97.8 Å². The van der Waals surface area contributed by atoms with E-state index in [0.717, 1.165) is 6.42 Å². The third-order valence-corrected chi connectivity index (χ3v) is 5.15. The van der Waals surface area contributed by atoms with Crippen LogP contribution in [0.2, 0.25) is 0 Å². The molecule has 2 heterocycles. The molecule has 0 saturated heterocycles. The van der Waals surface area contributed by atoms with Crippen molar-refractivity contribution in [2.45, 2.75) is 52.1 Å². The van der Waals surface area contributed by atoms with E-state index in [4.69, 9.17) is 15.6 Å². The number of nitrogens with zero attached hydrogens (tertiary/aromatic N) is 3. The van der Waals surface area contributed by atoms with E-state index in [0.29, 0.717) is 42.2 Å². The smallest absolute Gasteiger partial charge is 0.303 e. The van der Waals surface area contributed by atoms with Gasteiger partial charge < -0.3 is 19.2 Å². The van der Waals surface area contributed by atoms with E-state index in [9.17, 15) is 9.59 Å². The van der Waals surface area contributed by atoms with Crippen LogP contribution >= 0.6 is 0 Å². The van der Waals surface area contributed by atoms with Crippen LogP contribution in [0.15, 0.2) is 53.1 Å². The molecule has 8 heteroatoms. The lowest BCUT2D eigenvalue weighted by molar-refractivity contribution is -0.137. The van der Waals surface area contributed by atoms with E-state index in [-0.39, 0.29) is 24.1 Å². The molecule has 0 fully saturated rings. The second-order valence-corrected chi connectivity index (χ2v) is 8.04. The van der Waals surface area contributed by atoms with E-state index in [1.807, 2.05) is 26.0 Å². The number of carbonyl (C=O) groups is 2. The molecule has 0 aliphatic carbocycles. The summed E-state index contributed by atoms with van der Waals surface area (Å²) in [6.45, 7) is 3.14. The van der Waals surface area contributed by atoms with Gasteiger partial charge in [0.15, 0.2) is 11.5 Å². The maximum atomic E-state index is 13.4. The molecule has 33 heavy (non-hydrogen) atoms. The second-order valence-electron chi connectivity index (χ2n) is 8.04. The first-order chi connectivity index (χ1) is 16.3. The van der Waals surface area contributed by atoms with Crippen molar-refractivity contribution in [3.63, 3.8) is 0 Å². The van der Waals surface area contributed by atoms with Gasteiger partial charge in [-0.15, -0.1) is 0 Å². The van der Waals surface area contributed by atoms with Crippen molar-refractivity contribution in [1.29, 1.82) is 0 Å². The highest BCUT2D eigenvalue weighted by molar-refractivity contribution is 5.93. The van der Waals surface area contributed by atoms with Gasteiger partial charge in [-0.25, -0.2) is 0 Å². The van der Waals surface area contributed by atoms with E-state index in [1.54, 1.807) is 48.3 Å². The summed E-state index contributed by atoms with van der Waals surface area (Å²) in [7, 11) is 1.74. The zero-order valence-corrected chi connectivity index (χ0v) is 19.2. The summed E-state index contributed by atoms with van der Waals surface area (Å²) in [6.07, 6.45) is 3.76. The molecule has 0 aliphatic rings. The molecular weight excluding hydrogens is 422 g/mol. The predicted octanol–water partition coefficient (Wildman–Crippen LogP) is 4.75. The highest BCUT2D eigenvalue weighted by Crippen LogP contribution is 2.24. The Morgan fingerprint density at radius 3 is 2.70 bits per heavy atom. The van der Waals surface area contributed by atoms with Crippen molar-refractivity contribution in [3.05, 3.63) is 60.0 Å². The lowest BCUT2D eigenvalue weighted by Gasteiger charge is -2.27. The molecular formula is C25H31N3O5. The number of para-hydroxylation sites is 1. The maximum absolute atomic E-state index is 13.4. The average Bonchev–Trinajstić information content (AvgIpc) is 3.45. The quantitative estimate of drug-likeness (QED) is 0.397. The summed E-state index contributed by atoms with van der Waals surface area (Å²) >= 11 is 0. The number of hydrogen-bond acceptors (Lipinski definition) is 5. The molecule has 1 aromatic carbocycles. The van der Waals surface area contributed by atoms with Gasteiger partial charge in [-0.1, -0.05) is 18.2 Å². The number of unbranched alkanes of at least 4 members (excludes halogenated alkanes) is 2. The van der Waals surface area contributed by atoms with Gasteiger partial charge in [0.25, 0.3) is 5.91 Å². The second kappa shape index (κ2) is 11.4. The molecule has 0 saturated carbocycles. The summed E-state index contributed by atoms with van der Waals surface area (Å²) in [5, 5.41) is 13.1. The Labute approximate surface area is 195 Å². The number of carboxylic acid groups (broad SMARTS) is 1. The molecule has 2 aromatic heterocycles. The molecule has 1 unspecified atom stereocenters. The van der Waals surface area contributed by atoms with Gasteiger partial charge in [-0.2, -0.15) is 5.10 Å². The maximum Gasteiger partial charge on any atom is 0.303 e. The molecule has 0 aliphatic heterocycles. The van der Waals surface area contributed by atoms with Crippen molar-refractivity contribution >= 4 is 11.9 Å². The minimum atomic E-state index is -0.996. The van der Waals surface area contributed by atoms with Crippen molar-refractivity contribution in [1.82, 2.24) is 14.7 Å². The third kappa shape index (κ3) is 6.47. The van der Waals surface area contributed by atoms with E-state index >= 15 is 0 Å². The van der Waals surface area contributed by atoms with Crippen LogP contribution in [0, 0.1) is 0 Å². The lowest BCUT2D eigenvalue weighted by Crippen LogP contribution is -2.36. The minimum Gasteiger partial charge on any atom is -0.493 e. The van der Waals surface area contributed by atoms with Crippen LogP contribution < -0.4 is 4.74 Å². The predicted molar refractivity (Wildman–Crippen MR) is 124 cm³/mol. The Morgan fingerprint density at radius 1 is 1.21 bits per heavy atom. The minimum absolute atomic E-state index is 0.145. The fraction of sp³-hybridized carbons (Fsp3) is 0.400. The summed E-state index contributed by atoms with van der Waals surface area (Å²) in [5.74, 6) is -0.0102. The number of aliphatic carboxylic acids is 1. The van der Waals surface area contributed by atoms with Gasteiger partial charge in [0.05, 0.1) is 14.2 Å². The van der Waals surface area contributed by atoms with Crippen LogP contribution in [0.4, 0.5) is 0 Å². The normalized spacial score (nSPS) is 12.4. The number of ether oxygens (including phenoxy) is 1. The number of hydrogen-bond donors (Lipinski definition) is 1. The largest absolute Gasteiger partial charge is 0.493 e. The number of amides is 1. The number of aromatic nitrogens is 2. The fourth-order valence-electron chi connectivity index (χ4n) is 3.41. The molecule has 3 rings (SSSR count). The number of carboxylic acids is 1. The fourth-order valence-corrected chi connectivity index (χ4v) is 3.41.